The molecule has 0 saturated carbocycles. The summed E-state index contributed by atoms with van der Waals surface area (Å²) in [7, 11) is 0. The number of nitrogens with one attached hydrogen (secondary N) is 1. The topological polar surface area (TPSA) is 56.8 Å². The van der Waals surface area contributed by atoms with E-state index in [2.05, 4.69) is 5.32 Å². The molecule has 1 amide bonds. The lowest BCUT2D eigenvalue weighted by atomic mass is 10.2. The molecule has 0 aliphatic rings. The first kappa shape index (κ1) is 16.7. The van der Waals surface area contributed by atoms with E-state index in [-0.39, 0.29) is 0 Å². The van der Waals surface area contributed by atoms with E-state index in [1.54, 1.807) is 25.1 Å². The summed E-state index contributed by atoms with van der Waals surface area (Å²) in [5, 5.41) is 2.63. The molecule has 0 spiro atoms. The molecule has 23 heavy (non-hydrogen) atoms. The number of carbonyl (C=O) groups is 1. The molecule has 0 unspecified atom stereocenters. The van der Waals surface area contributed by atoms with E-state index in [4.69, 9.17) is 14.2 Å². The quantitative estimate of drug-likeness (QED) is 0.784. The summed E-state index contributed by atoms with van der Waals surface area (Å²) in [6, 6.07) is 15.0. The van der Waals surface area contributed by atoms with Gasteiger partial charge in [-0.15, -0.1) is 0 Å². The molecule has 5 nitrogen and oxygen atoms in total. The zero-order chi connectivity index (χ0) is 16.5. The van der Waals surface area contributed by atoms with Crippen LogP contribution in [-0.2, 0) is 4.74 Å². The van der Waals surface area contributed by atoms with Crippen molar-refractivity contribution in [3.8, 4) is 11.5 Å². The monoisotopic (exact) mass is 315 g/mol. The Morgan fingerprint density at radius 2 is 1.83 bits per heavy atom. The van der Waals surface area contributed by atoms with Crippen molar-refractivity contribution in [1.82, 2.24) is 0 Å². The second-order valence-corrected chi connectivity index (χ2v) is 4.84. The van der Waals surface area contributed by atoms with Gasteiger partial charge in [0.05, 0.1) is 6.61 Å². The SMILES string of the molecule is CCOC(=O)Nc1cccc(OCCOc2ccccc2C)c1. The number of carbonyl (C=O) groups excluding carboxylic acids is 1. The Hall–Kier alpha value is -2.69. The van der Waals surface area contributed by atoms with E-state index in [9.17, 15) is 4.79 Å². The van der Waals surface area contributed by atoms with Gasteiger partial charge in [-0.2, -0.15) is 0 Å². The Bertz CT molecular complexity index is 642. The Morgan fingerprint density at radius 3 is 2.61 bits per heavy atom. The van der Waals surface area contributed by atoms with Crippen molar-refractivity contribution in [1.29, 1.82) is 0 Å². The van der Waals surface area contributed by atoms with E-state index in [1.807, 2.05) is 37.3 Å². The maximum atomic E-state index is 11.4. The highest BCUT2D eigenvalue weighted by molar-refractivity contribution is 5.84. The fraction of sp³-hybridized carbons (Fsp3) is 0.278. The van der Waals surface area contributed by atoms with Gasteiger partial charge in [0, 0.05) is 11.8 Å². The third-order valence-electron chi connectivity index (χ3n) is 3.06. The molecule has 0 fully saturated rings. The first-order valence-electron chi connectivity index (χ1n) is 7.54. The Labute approximate surface area is 136 Å². The molecule has 0 aliphatic heterocycles. The van der Waals surface area contributed by atoms with Gasteiger partial charge in [0.2, 0.25) is 0 Å². The zero-order valence-electron chi connectivity index (χ0n) is 13.4. The molecule has 0 saturated heterocycles. The van der Waals surface area contributed by atoms with Crippen LogP contribution in [0.15, 0.2) is 48.5 Å². The maximum absolute atomic E-state index is 11.4. The fourth-order valence-electron chi connectivity index (χ4n) is 1.98. The Kier molecular flexibility index (Phi) is 6.29. The van der Waals surface area contributed by atoms with Gasteiger partial charge in [0.1, 0.15) is 24.7 Å². The molecular formula is C18H21NO4. The predicted molar refractivity (Wildman–Crippen MR) is 89.3 cm³/mol. The molecule has 0 aromatic heterocycles. The zero-order valence-corrected chi connectivity index (χ0v) is 13.4. The molecule has 5 heteroatoms. The highest BCUT2D eigenvalue weighted by Crippen LogP contribution is 2.18. The molecule has 2 rings (SSSR count). The summed E-state index contributed by atoms with van der Waals surface area (Å²) in [6.07, 6.45) is -0.479. The van der Waals surface area contributed by atoms with Crippen LogP contribution in [0.2, 0.25) is 0 Å². The van der Waals surface area contributed by atoms with Gasteiger partial charge in [-0.05, 0) is 37.6 Å². The van der Waals surface area contributed by atoms with Gasteiger partial charge in [0.15, 0.2) is 0 Å². The predicted octanol–water partition coefficient (Wildman–Crippen LogP) is 4.02. The van der Waals surface area contributed by atoms with Crippen LogP contribution in [0.5, 0.6) is 11.5 Å². The lowest BCUT2D eigenvalue weighted by Crippen LogP contribution is -2.13. The van der Waals surface area contributed by atoms with E-state index in [0.29, 0.717) is 31.3 Å². The second-order valence-electron chi connectivity index (χ2n) is 4.84. The number of aryl methyl sites for hydroxylation is 1. The number of hydrogen-bond acceptors (Lipinski definition) is 4. The molecule has 0 aliphatic carbocycles. The minimum absolute atomic E-state index is 0.332. The van der Waals surface area contributed by atoms with Gasteiger partial charge < -0.3 is 14.2 Å². The van der Waals surface area contributed by atoms with E-state index in [1.165, 1.54) is 0 Å². The van der Waals surface area contributed by atoms with Gasteiger partial charge >= 0.3 is 6.09 Å². The Balaban J connectivity index is 1.79. The largest absolute Gasteiger partial charge is 0.490 e. The number of ether oxygens (including phenoxy) is 3. The molecule has 0 heterocycles. The van der Waals surface area contributed by atoms with Crippen molar-refractivity contribution in [2.24, 2.45) is 0 Å². The number of rotatable bonds is 7. The molecule has 2 aromatic rings. The summed E-state index contributed by atoms with van der Waals surface area (Å²) in [5.74, 6) is 1.52. The van der Waals surface area contributed by atoms with Gasteiger partial charge in [-0.3, -0.25) is 5.32 Å². The van der Waals surface area contributed by atoms with Crippen LogP contribution in [0.3, 0.4) is 0 Å². The number of hydrogen-bond donors (Lipinski definition) is 1. The van der Waals surface area contributed by atoms with E-state index in [0.717, 1.165) is 11.3 Å². The van der Waals surface area contributed by atoms with Crippen molar-refractivity contribution < 1.29 is 19.0 Å². The minimum Gasteiger partial charge on any atom is -0.490 e. The second kappa shape index (κ2) is 8.68. The lowest BCUT2D eigenvalue weighted by molar-refractivity contribution is 0.168. The third-order valence-corrected chi connectivity index (χ3v) is 3.06. The van der Waals surface area contributed by atoms with Crippen molar-refractivity contribution in [3.05, 3.63) is 54.1 Å². The summed E-state index contributed by atoms with van der Waals surface area (Å²) < 4.78 is 16.1. The number of anilines is 1. The first-order valence-corrected chi connectivity index (χ1v) is 7.54. The highest BCUT2D eigenvalue weighted by Gasteiger charge is 2.03. The molecule has 0 atom stereocenters. The summed E-state index contributed by atoms with van der Waals surface area (Å²) in [6.45, 7) is 4.95. The minimum atomic E-state index is -0.479. The van der Waals surface area contributed by atoms with Gasteiger partial charge in [0.25, 0.3) is 0 Å². The van der Waals surface area contributed by atoms with Crippen LogP contribution in [0.4, 0.5) is 10.5 Å². The van der Waals surface area contributed by atoms with Crippen LogP contribution >= 0.6 is 0 Å². The van der Waals surface area contributed by atoms with Crippen LogP contribution in [0, 0.1) is 6.92 Å². The van der Waals surface area contributed by atoms with Gasteiger partial charge in [-0.25, -0.2) is 4.79 Å². The molecule has 0 radical (unpaired) electrons. The van der Waals surface area contributed by atoms with E-state index < -0.39 is 6.09 Å². The lowest BCUT2D eigenvalue weighted by Gasteiger charge is -2.11. The number of benzene rings is 2. The number of para-hydroxylation sites is 1. The van der Waals surface area contributed by atoms with E-state index >= 15 is 0 Å². The van der Waals surface area contributed by atoms with Crippen LogP contribution < -0.4 is 14.8 Å². The average Bonchev–Trinajstić information content (AvgIpc) is 2.54. The van der Waals surface area contributed by atoms with Crippen molar-refractivity contribution in [3.63, 3.8) is 0 Å². The maximum Gasteiger partial charge on any atom is 0.411 e. The van der Waals surface area contributed by atoms with Crippen molar-refractivity contribution >= 4 is 11.8 Å². The fourth-order valence-corrected chi connectivity index (χ4v) is 1.98. The standard InChI is InChI=1S/C18H21NO4/c1-3-21-18(20)19-15-8-6-9-16(13-15)22-11-12-23-17-10-5-4-7-14(17)2/h4-10,13H,3,11-12H2,1-2H3,(H,19,20). The third kappa shape index (κ3) is 5.54. The smallest absolute Gasteiger partial charge is 0.411 e. The molecule has 1 N–H and O–H groups in total. The molecule has 0 bridgehead atoms. The van der Waals surface area contributed by atoms with Crippen LogP contribution in [-0.4, -0.2) is 25.9 Å². The average molecular weight is 315 g/mol. The molecular weight excluding hydrogens is 294 g/mol. The molecule has 122 valence electrons. The van der Waals surface area contributed by atoms with Crippen molar-refractivity contribution in [2.75, 3.05) is 25.1 Å². The first-order chi connectivity index (χ1) is 11.2. The normalized spacial score (nSPS) is 10.0. The van der Waals surface area contributed by atoms with Crippen LogP contribution in [0.1, 0.15) is 12.5 Å². The highest BCUT2D eigenvalue weighted by atomic mass is 16.5. The Morgan fingerprint density at radius 1 is 1.04 bits per heavy atom. The molecule has 2 aromatic carbocycles. The van der Waals surface area contributed by atoms with Crippen LogP contribution in [0.25, 0.3) is 0 Å². The summed E-state index contributed by atoms with van der Waals surface area (Å²) in [5.41, 5.74) is 1.72. The van der Waals surface area contributed by atoms with Gasteiger partial charge in [-0.1, -0.05) is 24.3 Å². The summed E-state index contributed by atoms with van der Waals surface area (Å²) in [4.78, 5) is 11.4. The number of amides is 1. The van der Waals surface area contributed by atoms with Crippen molar-refractivity contribution in [2.45, 2.75) is 13.8 Å². The summed E-state index contributed by atoms with van der Waals surface area (Å²) >= 11 is 0.